The molecule has 0 spiro atoms. The summed E-state index contributed by atoms with van der Waals surface area (Å²) in [7, 11) is 0. The zero-order valence-corrected chi connectivity index (χ0v) is 17.4. The molecule has 0 saturated carbocycles. The molecule has 0 amide bonds. The third kappa shape index (κ3) is 4.20. The lowest BCUT2D eigenvalue weighted by molar-refractivity contribution is 0.978. The Morgan fingerprint density at radius 1 is 0.290 bits per heavy atom. The van der Waals surface area contributed by atoms with Gasteiger partial charge in [-0.15, -0.1) is 0 Å². The summed E-state index contributed by atoms with van der Waals surface area (Å²) >= 11 is 0. The zero-order chi connectivity index (χ0) is 20.9. The van der Waals surface area contributed by atoms with Crippen molar-refractivity contribution in [1.29, 1.82) is 0 Å². The van der Waals surface area contributed by atoms with Crippen LogP contribution in [0.5, 0.6) is 0 Å². The highest BCUT2D eigenvalue weighted by Crippen LogP contribution is 2.33. The molecule has 148 valence electrons. The fourth-order valence-corrected chi connectivity index (χ4v) is 4.25. The average molecular weight is 397 g/mol. The van der Waals surface area contributed by atoms with Crippen molar-refractivity contribution in [3.63, 3.8) is 0 Å². The fourth-order valence-electron chi connectivity index (χ4n) is 4.25. The first-order valence-electron chi connectivity index (χ1n) is 10.7. The first-order chi connectivity index (χ1) is 15.4. The summed E-state index contributed by atoms with van der Waals surface area (Å²) in [4.78, 5) is 0. The molecule has 0 aliphatic carbocycles. The molecular weight excluding hydrogens is 372 g/mol. The minimum atomic E-state index is 0.229. The lowest BCUT2D eigenvalue weighted by Gasteiger charge is -2.19. The Labute approximate surface area is 184 Å². The molecule has 5 rings (SSSR count). The Bertz CT molecular complexity index is 1200. The molecule has 0 atom stereocenters. The molecular formula is C31H24. The largest absolute Gasteiger partial charge is 0.0622 e. The van der Waals surface area contributed by atoms with Crippen molar-refractivity contribution in [1.82, 2.24) is 0 Å². The first-order valence-corrected chi connectivity index (χ1v) is 10.7. The van der Waals surface area contributed by atoms with E-state index < -0.39 is 0 Å². The number of benzene rings is 5. The van der Waals surface area contributed by atoms with E-state index in [0.29, 0.717) is 0 Å². The van der Waals surface area contributed by atoms with E-state index in [0.717, 1.165) is 0 Å². The van der Waals surface area contributed by atoms with Crippen molar-refractivity contribution in [2.75, 3.05) is 0 Å². The van der Waals surface area contributed by atoms with Crippen molar-refractivity contribution < 1.29 is 0 Å². The van der Waals surface area contributed by atoms with Crippen LogP contribution in [-0.2, 0) is 0 Å². The second-order valence-electron chi connectivity index (χ2n) is 7.82. The van der Waals surface area contributed by atoms with Crippen molar-refractivity contribution in [3.8, 4) is 22.3 Å². The molecule has 0 aliphatic heterocycles. The van der Waals surface area contributed by atoms with Crippen LogP contribution < -0.4 is 0 Å². The van der Waals surface area contributed by atoms with E-state index in [1.165, 1.54) is 38.9 Å². The maximum absolute atomic E-state index is 2.27. The molecule has 0 nitrogen and oxygen atoms in total. The Morgan fingerprint density at radius 3 is 1.19 bits per heavy atom. The molecule has 0 N–H and O–H groups in total. The highest BCUT2D eigenvalue weighted by atomic mass is 14.2. The van der Waals surface area contributed by atoms with E-state index in [-0.39, 0.29) is 5.92 Å². The van der Waals surface area contributed by atoms with Crippen LogP contribution in [-0.4, -0.2) is 0 Å². The highest BCUT2D eigenvalue weighted by Gasteiger charge is 2.16. The quantitative estimate of drug-likeness (QED) is 0.263. The van der Waals surface area contributed by atoms with Crippen molar-refractivity contribution in [2.45, 2.75) is 5.92 Å². The monoisotopic (exact) mass is 396 g/mol. The van der Waals surface area contributed by atoms with Gasteiger partial charge in [0.2, 0.25) is 0 Å². The van der Waals surface area contributed by atoms with Gasteiger partial charge in [0, 0.05) is 5.92 Å². The second-order valence-corrected chi connectivity index (χ2v) is 7.82. The van der Waals surface area contributed by atoms with Crippen molar-refractivity contribution >= 4 is 0 Å². The summed E-state index contributed by atoms with van der Waals surface area (Å²) < 4.78 is 0. The predicted octanol–water partition coefficient (Wildman–Crippen LogP) is 8.20. The Morgan fingerprint density at radius 2 is 0.677 bits per heavy atom. The van der Waals surface area contributed by atoms with Crippen molar-refractivity contribution in [3.05, 3.63) is 156 Å². The second kappa shape index (κ2) is 8.85. The van der Waals surface area contributed by atoms with Gasteiger partial charge in [-0.2, -0.15) is 0 Å². The summed E-state index contributed by atoms with van der Waals surface area (Å²) in [5.41, 5.74) is 8.90. The molecule has 0 aliphatic rings. The maximum Gasteiger partial charge on any atom is 0.0339 e. The van der Waals surface area contributed by atoms with Crippen molar-refractivity contribution in [2.24, 2.45) is 0 Å². The zero-order valence-electron chi connectivity index (χ0n) is 17.4. The highest BCUT2D eigenvalue weighted by molar-refractivity contribution is 5.73. The summed E-state index contributed by atoms with van der Waals surface area (Å²) in [6, 6.07) is 49.9. The van der Waals surface area contributed by atoms with Gasteiger partial charge in [0.15, 0.2) is 0 Å². The van der Waals surface area contributed by atoms with E-state index in [9.17, 15) is 0 Å². The molecule has 0 heteroatoms. The summed E-state index contributed by atoms with van der Waals surface area (Å²) in [5, 5.41) is 0. The lowest BCUT2D eigenvalue weighted by atomic mass is 9.84. The molecule has 0 aromatic heterocycles. The van der Waals surface area contributed by atoms with Crippen LogP contribution >= 0.6 is 0 Å². The third-order valence-electron chi connectivity index (χ3n) is 5.81. The molecule has 0 bridgehead atoms. The van der Waals surface area contributed by atoms with Gasteiger partial charge in [-0.25, -0.2) is 0 Å². The molecule has 0 fully saturated rings. The summed E-state index contributed by atoms with van der Waals surface area (Å²) in [6.45, 7) is 0. The van der Waals surface area contributed by atoms with Crippen LogP contribution in [0.1, 0.15) is 22.6 Å². The van der Waals surface area contributed by atoms with E-state index in [1.54, 1.807) is 0 Å². The van der Waals surface area contributed by atoms with E-state index >= 15 is 0 Å². The van der Waals surface area contributed by atoms with E-state index in [2.05, 4.69) is 140 Å². The Kier molecular flexibility index (Phi) is 5.45. The molecule has 0 unspecified atom stereocenters. The molecule has 0 saturated heterocycles. The number of rotatable bonds is 5. The molecule has 0 radical (unpaired) electrons. The molecule has 0 heterocycles. The minimum absolute atomic E-state index is 0.229. The van der Waals surface area contributed by atoms with Gasteiger partial charge < -0.3 is 0 Å². The van der Waals surface area contributed by atoms with Crippen LogP contribution in [0.2, 0.25) is 0 Å². The number of hydrogen-bond donors (Lipinski definition) is 0. The van der Waals surface area contributed by atoms with Gasteiger partial charge in [0.25, 0.3) is 0 Å². The molecule has 31 heavy (non-hydrogen) atoms. The fraction of sp³-hybridized carbons (Fsp3) is 0.0323. The molecule has 5 aromatic carbocycles. The lowest BCUT2D eigenvalue weighted by Crippen LogP contribution is -2.03. The average Bonchev–Trinajstić information content (AvgIpc) is 2.87. The summed E-state index contributed by atoms with van der Waals surface area (Å²) in [5.74, 6) is 0.229. The summed E-state index contributed by atoms with van der Waals surface area (Å²) in [6.07, 6.45) is 0. The first kappa shape index (κ1) is 19.1. The van der Waals surface area contributed by atoms with Gasteiger partial charge >= 0.3 is 0 Å². The van der Waals surface area contributed by atoms with Gasteiger partial charge in [-0.3, -0.25) is 0 Å². The van der Waals surface area contributed by atoms with E-state index in [1.807, 2.05) is 0 Å². The molecule has 5 aromatic rings. The van der Waals surface area contributed by atoms with Crippen LogP contribution in [0.3, 0.4) is 0 Å². The SMILES string of the molecule is c1ccc(-c2cccc(-c3ccc(C(c4ccccc4)c4ccccc4)cc3)c2)cc1. The normalized spacial score (nSPS) is 10.9. The van der Waals surface area contributed by atoms with Gasteiger partial charge in [-0.05, 0) is 45.0 Å². The maximum atomic E-state index is 2.27. The Balaban J connectivity index is 1.51. The smallest absolute Gasteiger partial charge is 0.0339 e. The minimum Gasteiger partial charge on any atom is -0.0622 e. The van der Waals surface area contributed by atoms with Gasteiger partial charge in [-0.1, -0.05) is 133 Å². The predicted molar refractivity (Wildman–Crippen MR) is 131 cm³/mol. The standard InChI is InChI=1S/C31H24/c1-4-11-24(12-5-1)29-17-10-18-30(23-29)25-19-21-28(22-20-25)31(26-13-6-2-7-14-26)27-15-8-3-9-16-27/h1-23,31H. The topological polar surface area (TPSA) is 0 Å². The van der Waals surface area contributed by atoms with Gasteiger partial charge in [0.05, 0.1) is 0 Å². The van der Waals surface area contributed by atoms with Crippen LogP contribution in [0, 0.1) is 0 Å². The number of hydrogen-bond acceptors (Lipinski definition) is 0. The van der Waals surface area contributed by atoms with Gasteiger partial charge in [0.1, 0.15) is 0 Å². The van der Waals surface area contributed by atoms with Crippen LogP contribution in [0.4, 0.5) is 0 Å². The third-order valence-corrected chi connectivity index (χ3v) is 5.81. The Hall–Kier alpha value is -3.90. The van der Waals surface area contributed by atoms with E-state index in [4.69, 9.17) is 0 Å². The van der Waals surface area contributed by atoms with Crippen LogP contribution in [0.25, 0.3) is 22.3 Å². The van der Waals surface area contributed by atoms with Crippen LogP contribution in [0.15, 0.2) is 140 Å².